The van der Waals surface area contributed by atoms with E-state index in [0.29, 0.717) is 5.02 Å². The van der Waals surface area contributed by atoms with Gasteiger partial charge in [-0.3, -0.25) is 0 Å². The lowest BCUT2D eigenvalue weighted by Gasteiger charge is -2.18. The number of thiocarbonyl (C=S) groups is 1. The normalized spacial score (nSPS) is 10.9. The highest BCUT2D eigenvalue weighted by atomic mass is 35.5. The van der Waals surface area contributed by atoms with E-state index < -0.39 is 0 Å². The van der Waals surface area contributed by atoms with Crippen LogP contribution >= 0.6 is 23.8 Å². The number of nitrogens with one attached hydrogen (secondary N) is 1. The zero-order chi connectivity index (χ0) is 19.0. The highest BCUT2D eigenvalue weighted by Crippen LogP contribution is 2.30. The van der Waals surface area contributed by atoms with Crippen LogP contribution in [0.25, 0.3) is 11.0 Å². The number of H-pyrrole nitrogens is 1. The van der Waals surface area contributed by atoms with Crippen LogP contribution in [0.3, 0.4) is 0 Å². The largest absolute Gasteiger partial charge is 0.324 e. The molecule has 0 saturated carbocycles. The zero-order valence-electron chi connectivity index (χ0n) is 15.0. The maximum Gasteiger partial charge on any atom is 0.208 e. The second-order valence-electron chi connectivity index (χ2n) is 6.44. The molecular weight excluding hydrogens is 374 g/mol. The second-order valence-corrected chi connectivity index (χ2v) is 7.26. The van der Waals surface area contributed by atoms with E-state index in [-0.39, 0.29) is 0 Å². The first-order valence-electron chi connectivity index (χ1n) is 8.63. The lowest BCUT2D eigenvalue weighted by molar-refractivity contribution is 1.11. The molecule has 4 aromatic rings. The zero-order valence-corrected chi connectivity index (χ0v) is 16.6. The van der Waals surface area contributed by atoms with Gasteiger partial charge in [0, 0.05) is 18.3 Å². The van der Waals surface area contributed by atoms with E-state index in [2.05, 4.69) is 23.0 Å². The summed E-state index contributed by atoms with van der Waals surface area (Å²) in [6.07, 6.45) is 0. The molecule has 4 rings (SSSR count). The van der Waals surface area contributed by atoms with Gasteiger partial charge in [-0.1, -0.05) is 60.2 Å². The van der Waals surface area contributed by atoms with Gasteiger partial charge in [0.25, 0.3) is 0 Å². The van der Waals surface area contributed by atoms with Gasteiger partial charge in [0.05, 0.1) is 20.9 Å². The van der Waals surface area contributed by atoms with E-state index in [1.54, 1.807) is 0 Å². The van der Waals surface area contributed by atoms with E-state index in [0.717, 1.165) is 44.2 Å². The summed E-state index contributed by atoms with van der Waals surface area (Å²) in [5, 5.41) is 0.628. The van der Waals surface area contributed by atoms with Gasteiger partial charge in [-0.2, -0.15) is 0 Å². The molecular formula is C22H18ClN3S. The van der Waals surface area contributed by atoms with Crippen molar-refractivity contribution in [2.75, 3.05) is 11.9 Å². The first kappa shape index (κ1) is 17.7. The van der Waals surface area contributed by atoms with Gasteiger partial charge in [0.15, 0.2) is 0 Å². The first-order valence-corrected chi connectivity index (χ1v) is 9.41. The molecule has 3 nitrogen and oxygen atoms in total. The fraction of sp³-hybridized carbons (Fsp3) is 0.0909. The Hall–Kier alpha value is -2.69. The van der Waals surface area contributed by atoms with Crippen molar-refractivity contribution >= 4 is 51.4 Å². The van der Waals surface area contributed by atoms with Gasteiger partial charge < -0.3 is 9.88 Å². The van der Waals surface area contributed by atoms with Gasteiger partial charge in [0.2, 0.25) is 5.95 Å². The van der Waals surface area contributed by atoms with Crippen molar-refractivity contribution in [1.82, 2.24) is 9.97 Å². The number of hydrogen-bond acceptors (Lipinski definition) is 3. The quantitative estimate of drug-likeness (QED) is 0.339. The molecule has 3 aromatic carbocycles. The highest BCUT2D eigenvalue weighted by molar-refractivity contribution is 7.81. The number of halogens is 1. The van der Waals surface area contributed by atoms with Crippen LogP contribution in [0.4, 0.5) is 11.6 Å². The third kappa shape index (κ3) is 3.34. The molecule has 0 saturated heterocycles. The van der Waals surface area contributed by atoms with Crippen LogP contribution in [0.1, 0.15) is 16.7 Å². The Morgan fingerprint density at radius 3 is 2.48 bits per heavy atom. The van der Waals surface area contributed by atoms with Crippen LogP contribution in [0.5, 0.6) is 0 Å². The third-order valence-corrected chi connectivity index (χ3v) is 5.42. The second kappa shape index (κ2) is 7.14. The minimum atomic E-state index is 0.628. The number of aryl methyl sites for hydroxylation is 1. The van der Waals surface area contributed by atoms with Crippen molar-refractivity contribution in [2.24, 2.45) is 0 Å². The molecule has 134 valence electrons. The molecule has 0 radical (unpaired) electrons. The van der Waals surface area contributed by atoms with Crippen LogP contribution in [0.2, 0.25) is 5.02 Å². The maximum absolute atomic E-state index is 6.59. The molecule has 0 aliphatic heterocycles. The van der Waals surface area contributed by atoms with Gasteiger partial charge in [-0.15, -0.1) is 0 Å². The summed E-state index contributed by atoms with van der Waals surface area (Å²) in [7, 11) is 1.96. The molecule has 5 heteroatoms. The van der Waals surface area contributed by atoms with E-state index in [4.69, 9.17) is 23.8 Å². The molecule has 0 fully saturated rings. The minimum absolute atomic E-state index is 0.628. The lowest BCUT2D eigenvalue weighted by Crippen LogP contribution is -2.12. The number of benzene rings is 3. The smallest absolute Gasteiger partial charge is 0.208 e. The van der Waals surface area contributed by atoms with Crippen molar-refractivity contribution in [3.63, 3.8) is 0 Å². The monoisotopic (exact) mass is 391 g/mol. The Morgan fingerprint density at radius 1 is 1.00 bits per heavy atom. The van der Waals surface area contributed by atoms with Crippen molar-refractivity contribution in [2.45, 2.75) is 6.92 Å². The maximum atomic E-state index is 6.59. The molecule has 1 N–H and O–H groups in total. The van der Waals surface area contributed by atoms with E-state index in [9.17, 15) is 0 Å². The highest BCUT2D eigenvalue weighted by Gasteiger charge is 2.14. The molecule has 0 atom stereocenters. The fourth-order valence-electron chi connectivity index (χ4n) is 3.09. The SMILES string of the molecule is Cc1ccccc1C(=S)c1ccc(N(C)c2nc3ccccc3[nH]2)cc1Cl. The van der Waals surface area contributed by atoms with E-state index in [1.807, 2.05) is 72.6 Å². The molecule has 1 aromatic heterocycles. The van der Waals surface area contributed by atoms with Gasteiger partial charge in [-0.25, -0.2) is 4.98 Å². The average Bonchev–Trinajstić information content (AvgIpc) is 3.11. The summed E-state index contributed by atoms with van der Waals surface area (Å²) >= 11 is 12.3. The van der Waals surface area contributed by atoms with Gasteiger partial charge in [-0.05, 0) is 48.4 Å². The Morgan fingerprint density at radius 2 is 1.74 bits per heavy atom. The molecule has 0 unspecified atom stereocenters. The van der Waals surface area contributed by atoms with Crippen molar-refractivity contribution < 1.29 is 0 Å². The number of fused-ring (bicyclic) bond motifs is 1. The van der Waals surface area contributed by atoms with Crippen molar-refractivity contribution in [3.8, 4) is 0 Å². The number of anilines is 2. The summed E-state index contributed by atoms with van der Waals surface area (Å²) in [6.45, 7) is 2.05. The molecule has 0 amide bonds. The molecule has 1 heterocycles. The molecule has 0 aliphatic rings. The van der Waals surface area contributed by atoms with Crippen LogP contribution in [0.15, 0.2) is 66.7 Å². The predicted octanol–water partition coefficient (Wildman–Crippen LogP) is 6.06. The average molecular weight is 392 g/mol. The van der Waals surface area contributed by atoms with Crippen LogP contribution in [0, 0.1) is 6.92 Å². The third-order valence-electron chi connectivity index (χ3n) is 4.67. The molecule has 27 heavy (non-hydrogen) atoms. The van der Waals surface area contributed by atoms with E-state index >= 15 is 0 Å². The number of aromatic amines is 1. The number of nitrogens with zero attached hydrogens (tertiary/aromatic N) is 2. The number of imidazole rings is 1. The number of aromatic nitrogens is 2. The Balaban J connectivity index is 1.67. The minimum Gasteiger partial charge on any atom is -0.324 e. The standard InChI is InChI=1S/C22H18ClN3S/c1-14-7-3-4-8-16(14)21(27)17-12-11-15(13-18(17)23)26(2)22-24-19-9-5-6-10-20(19)25-22/h3-13H,1-2H3,(H,24,25). The lowest BCUT2D eigenvalue weighted by atomic mass is 10.00. The van der Waals surface area contributed by atoms with E-state index in [1.165, 1.54) is 0 Å². The molecule has 0 spiro atoms. The van der Waals surface area contributed by atoms with Crippen LogP contribution in [-0.2, 0) is 0 Å². The van der Waals surface area contributed by atoms with Gasteiger partial charge >= 0.3 is 0 Å². The molecule has 0 bridgehead atoms. The Bertz CT molecular complexity index is 1120. The summed E-state index contributed by atoms with van der Waals surface area (Å²) in [4.78, 5) is 10.7. The fourth-order valence-corrected chi connectivity index (χ4v) is 3.82. The number of hydrogen-bond donors (Lipinski definition) is 1. The molecule has 0 aliphatic carbocycles. The van der Waals surface area contributed by atoms with Crippen LogP contribution < -0.4 is 4.90 Å². The topological polar surface area (TPSA) is 31.9 Å². The Kier molecular flexibility index (Phi) is 4.68. The first-order chi connectivity index (χ1) is 13.0. The van der Waals surface area contributed by atoms with Crippen molar-refractivity contribution in [1.29, 1.82) is 0 Å². The Labute approximate surface area is 168 Å². The summed E-state index contributed by atoms with van der Waals surface area (Å²) in [5.74, 6) is 0.765. The van der Waals surface area contributed by atoms with Gasteiger partial charge in [0.1, 0.15) is 0 Å². The van der Waals surface area contributed by atoms with Crippen molar-refractivity contribution in [3.05, 3.63) is 88.4 Å². The number of para-hydroxylation sites is 2. The van der Waals surface area contributed by atoms with Crippen LogP contribution in [-0.4, -0.2) is 21.9 Å². The summed E-state index contributed by atoms with van der Waals surface area (Å²) in [5.41, 5.74) is 5.92. The summed E-state index contributed by atoms with van der Waals surface area (Å²) in [6, 6.07) is 22.0. The summed E-state index contributed by atoms with van der Waals surface area (Å²) < 4.78 is 0. The predicted molar refractivity (Wildman–Crippen MR) is 118 cm³/mol. The number of rotatable bonds is 4.